The Bertz CT molecular complexity index is 4590. The molecule has 0 aromatic heterocycles. The van der Waals surface area contributed by atoms with E-state index in [0.29, 0.717) is 60.0 Å². The topological polar surface area (TPSA) is 726 Å². The van der Waals surface area contributed by atoms with Crippen LogP contribution in [0.2, 0.25) is 0 Å². The lowest BCUT2D eigenvalue weighted by molar-refractivity contribution is -0.138. The van der Waals surface area contributed by atoms with Crippen LogP contribution in [0.1, 0.15) is 205 Å². The van der Waals surface area contributed by atoms with Crippen LogP contribution in [0.3, 0.4) is 0 Å². The molecule has 18 amide bonds. The van der Waals surface area contributed by atoms with Crippen molar-refractivity contribution in [1.82, 2.24) is 95.7 Å². The van der Waals surface area contributed by atoms with E-state index in [2.05, 4.69) is 115 Å². The van der Waals surface area contributed by atoms with Gasteiger partial charge in [0, 0.05) is 120 Å². The monoisotopic (exact) mass is 2200 g/mol. The molecule has 49 nitrogen and oxygen atoms in total. The van der Waals surface area contributed by atoms with Crippen molar-refractivity contribution in [3.8, 4) is 5.75 Å². The van der Waals surface area contributed by atoms with E-state index in [4.69, 9.17) is 5.73 Å². The fraction of sp³-hybridized carbons (Fsp3) is 0.667. The molecule has 3 heterocycles. The SMILES string of the molecule is COC(=O)CSC(=O)CCCC(=O)NCCCCC(NC(=O)CCCC(=O)SCC(=O)OC)C(=O)NCC(=O)NC(CCCCNC(=O)CNC(=O)[C@H](CCCCNC(=O)CCCC(=O)SCC(=O)OC)NC(=O)CCCC(=O)SCC(=O)OC)C(=O)NCCCC[C@H](NC(=O)CNC(=O)C1CSCN1)C(=O)NCC(=O)N[C@@H](CCCCNC(=O)CCCCC1SCC2NC(=O)NC21)C(=O)NC(Cc1ccc(O)cc1)C(N)=O. The van der Waals surface area contributed by atoms with Gasteiger partial charge in [-0.15, -0.1) is 11.8 Å². The van der Waals surface area contributed by atoms with Gasteiger partial charge in [0.05, 0.1) is 95.8 Å². The number of ether oxygens (including phenoxy) is 4. The van der Waals surface area contributed by atoms with Crippen molar-refractivity contribution >= 4 is 215 Å². The van der Waals surface area contributed by atoms with Crippen LogP contribution in [0.25, 0.3) is 0 Å². The van der Waals surface area contributed by atoms with Gasteiger partial charge in [0.25, 0.3) is 0 Å². The summed E-state index contributed by atoms with van der Waals surface area (Å²) in [5.41, 5.74) is 6.27. The molecule has 148 heavy (non-hydrogen) atoms. The largest absolute Gasteiger partial charge is 0.508 e. The molecule has 7 unspecified atom stereocenters. The molecule has 3 fully saturated rings. The Balaban J connectivity index is 1.51. The summed E-state index contributed by atoms with van der Waals surface area (Å²) in [6, 6.07) is -2.89. The molecule has 1 aromatic rings. The van der Waals surface area contributed by atoms with E-state index in [1.165, 1.54) is 50.2 Å². The van der Waals surface area contributed by atoms with Crippen LogP contribution >= 0.6 is 70.6 Å². The van der Waals surface area contributed by atoms with E-state index in [9.17, 15) is 125 Å². The van der Waals surface area contributed by atoms with Gasteiger partial charge in [-0.1, -0.05) is 65.6 Å². The summed E-state index contributed by atoms with van der Waals surface area (Å²) in [4.78, 5) is 323. The number of fused-ring (bicyclic) bond motifs is 1. The molecule has 3 saturated heterocycles. The Morgan fingerprint density at radius 3 is 1.07 bits per heavy atom. The summed E-state index contributed by atoms with van der Waals surface area (Å²) >= 11 is 6.17. The van der Waals surface area contributed by atoms with Crippen molar-refractivity contribution in [2.24, 2.45) is 5.73 Å². The minimum atomic E-state index is -1.42. The lowest BCUT2D eigenvalue weighted by atomic mass is 10.0. The molecule has 0 aliphatic carbocycles. The summed E-state index contributed by atoms with van der Waals surface area (Å²) in [5.74, 6) is -12.7. The van der Waals surface area contributed by atoms with Gasteiger partial charge in [-0.05, 0) is 153 Å². The van der Waals surface area contributed by atoms with Crippen molar-refractivity contribution in [1.29, 1.82) is 0 Å². The van der Waals surface area contributed by atoms with Crippen LogP contribution in [0.5, 0.6) is 5.75 Å². The predicted molar refractivity (Wildman–Crippen MR) is 550 cm³/mol. The quantitative estimate of drug-likeness (QED) is 0.0146. The Labute approximate surface area is 883 Å². The molecular weight excluding hydrogens is 2060 g/mol. The Morgan fingerprint density at radius 2 is 0.703 bits per heavy atom. The first-order valence-electron chi connectivity index (χ1n) is 49.1. The molecule has 0 bridgehead atoms. The molecule has 0 saturated carbocycles. The molecule has 1 aromatic carbocycles. The summed E-state index contributed by atoms with van der Waals surface area (Å²) in [7, 11) is 4.69. The van der Waals surface area contributed by atoms with Crippen LogP contribution in [0.15, 0.2) is 24.3 Å². The van der Waals surface area contributed by atoms with Crippen LogP contribution in [0.4, 0.5) is 4.79 Å². The molecule has 0 spiro atoms. The number of esters is 4. The Morgan fingerprint density at radius 1 is 0.365 bits per heavy atom. The molecule has 3 aliphatic heterocycles. The molecule has 4 rings (SSSR count). The standard InChI is InChI=1S/C93H143N19O30S6/c1-139-77(123)52-145-81(127)32-17-28-69(115)96-41-12-7-22-60(105-71(117)30-19-34-83(129)147-54-79(125)141-3)88(133)100-46-73(119)98-43-15-9-21-59(107-74(120)47-101-89(134)61(106-72(118)31-20-35-84(130)148-55-80(126)142-4)23-8-13-42-97-70(116)29-18-33-82(128)146-53-78(124)140-2)87(132)99-44-16-11-24-62(108-75(121)49-103-91(136)66-50-143-56-104-66)90(135)102-48-76(122)109-63(92(137)110-64(86(94)131)45-57-36-38-58(113)39-37-57)25-10-14-40-95-68(114)27-6-5-26-67-85-65(51-144-67)111-93(138)112-85/h36-39,59-67,85,104,113H,5-35,40-56H2,1-4H3,(H2,94,131)(H,95,114)(H,96,115)(H,97,116)(H,98,119)(H,99,132)(H,100,133)(H,101,134)(H,102,135)(H,103,136)(H,105,117)(H,106,118)(H,107,120)(H,108,121)(H,109,122)(H,110,137)(H2,111,112,138)/t59?,60-,61?,62-,63-,64?,65?,66?,67?,85?/m0/s1. The fourth-order valence-electron chi connectivity index (χ4n) is 14.6. The van der Waals surface area contributed by atoms with Crippen LogP contribution < -0.4 is 101 Å². The third-order valence-corrected chi connectivity index (χ3v) is 28.8. The zero-order valence-electron chi connectivity index (χ0n) is 83.8. The number of amides is 18. The number of carbonyl (C=O) groups is 25. The molecular formula is C93H143N19O30S6. The van der Waals surface area contributed by atoms with Gasteiger partial charge in [-0.2, -0.15) is 11.8 Å². The van der Waals surface area contributed by atoms with Gasteiger partial charge in [0.1, 0.15) is 42.0 Å². The molecule has 3 aliphatic rings. The average Bonchev–Trinajstić information content (AvgIpc) is 1.66. The predicted octanol–water partition coefficient (Wildman–Crippen LogP) is -1.97. The molecule has 10 atom stereocenters. The number of methoxy groups -OCH3 is 4. The summed E-state index contributed by atoms with van der Waals surface area (Å²) < 4.78 is 18.2. The number of nitrogens with one attached hydrogen (secondary N) is 18. The lowest BCUT2D eigenvalue weighted by Crippen LogP contribution is -2.55. The second-order valence-electron chi connectivity index (χ2n) is 34.5. The summed E-state index contributed by atoms with van der Waals surface area (Å²) in [5, 5.41) is 56.9. The number of carbonyl (C=O) groups excluding carboxylic acids is 25. The number of phenolic OH excluding ortho intramolecular Hbond substituents is 1. The highest BCUT2D eigenvalue weighted by molar-refractivity contribution is 8.15. The number of benzene rings is 1. The lowest BCUT2D eigenvalue weighted by Gasteiger charge is -2.23. The Kier molecular flexibility index (Phi) is 66.1. The normalized spacial score (nSPS) is 15.4. The highest BCUT2D eigenvalue weighted by Crippen LogP contribution is 2.33. The number of urea groups is 1. The number of phenols is 1. The van der Waals surface area contributed by atoms with E-state index in [0.717, 1.165) is 56.3 Å². The van der Waals surface area contributed by atoms with Gasteiger partial charge in [-0.3, -0.25) is 120 Å². The maximum absolute atomic E-state index is 14.4. The van der Waals surface area contributed by atoms with E-state index >= 15 is 0 Å². The number of primary amides is 1. The number of nitrogens with two attached hydrogens (primary N) is 1. The number of unbranched alkanes of at least 4 members (excludes halogenated alkanes) is 6. The highest BCUT2D eigenvalue weighted by Gasteiger charge is 2.43. The first-order valence-corrected chi connectivity index (χ1v) is 55.2. The van der Waals surface area contributed by atoms with Crippen LogP contribution in [-0.2, 0) is 140 Å². The minimum absolute atomic E-state index is 0.00819. The molecule has 21 N–H and O–H groups in total. The van der Waals surface area contributed by atoms with Crippen LogP contribution in [0, 0.1) is 0 Å². The van der Waals surface area contributed by atoms with E-state index in [1.54, 1.807) is 11.8 Å². The molecule has 826 valence electrons. The highest BCUT2D eigenvalue weighted by atomic mass is 32.2. The second kappa shape index (κ2) is 76.0. The molecule has 0 radical (unpaired) electrons. The smallest absolute Gasteiger partial charge is 0.316 e. The number of hydrogen-bond donors (Lipinski definition) is 20. The number of thioether (sulfide) groups is 6. The van der Waals surface area contributed by atoms with E-state index in [1.807, 2.05) is 0 Å². The minimum Gasteiger partial charge on any atom is -0.508 e. The van der Waals surface area contributed by atoms with Gasteiger partial charge in [0.2, 0.25) is 94.5 Å². The van der Waals surface area contributed by atoms with E-state index in [-0.39, 0.29) is 291 Å². The second-order valence-corrected chi connectivity index (χ2v) is 40.9. The summed E-state index contributed by atoms with van der Waals surface area (Å²) in [6.07, 6.45) is 3.81. The number of rotatable bonds is 77. The van der Waals surface area contributed by atoms with Gasteiger partial charge < -0.3 is 120 Å². The Hall–Kier alpha value is -11.6. The van der Waals surface area contributed by atoms with Crippen LogP contribution in [-0.4, -0.2) is 337 Å². The summed E-state index contributed by atoms with van der Waals surface area (Å²) in [6.45, 7) is -2.48. The molecule has 55 heteroatoms. The van der Waals surface area contributed by atoms with Crippen molar-refractivity contribution in [2.75, 3.05) is 128 Å². The maximum Gasteiger partial charge on any atom is 0.316 e. The maximum atomic E-state index is 14.4. The van der Waals surface area contributed by atoms with Crippen molar-refractivity contribution in [3.63, 3.8) is 0 Å². The zero-order chi connectivity index (χ0) is 109. The fourth-order valence-corrected chi connectivity index (χ4v) is 19.8. The van der Waals surface area contributed by atoms with Gasteiger partial charge in [-0.25, -0.2) is 4.79 Å². The number of aromatic hydroxyl groups is 1. The third-order valence-electron chi connectivity index (χ3n) is 22.7. The number of hydrogen-bond acceptors (Lipinski definition) is 37. The van der Waals surface area contributed by atoms with Crippen molar-refractivity contribution < 1.29 is 144 Å². The van der Waals surface area contributed by atoms with Crippen molar-refractivity contribution in [2.45, 2.75) is 265 Å². The van der Waals surface area contributed by atoms with Gasteiger partial charge in [0.15, 0.2) is 20.5 Å². The third kappa shape index (κ3) is 59.0. The average molecular weight is 2200 g/mol. The first kappa shape index (κ1) is 129. The van der Waals surface area contributed by atoms with Crippen molar-refractivity contribution in [3.05, 3.63) is 29.8 Å². The van der Waals surface area contributed by atoms with Gasteiger partial charge >= 0.3 is 29.9 Å². The van der Waals surface area contributed by atoms with E-state index < -0.39 is 174 Å². The zero-order valence-corrected chi connectivity index (χ0v) is 88.7. The first-order chi connectivity index (χ1) is 70.9.